The number of nitrogens with zero attached hydrogens (tertiary/aromatic N) is 2. The van der Waals surface area contributed by atoms with Gasteiger partial charge in [0.25, 0.3) is 0 Å². The third-order valence-electron chi connectivity index (χ3n) is 5.92. The zero-order valence-electron chi connectivity index (χ0n) is 18.4. The van der Waals surface area contributed by atoms with E-state index in [1.54, 1.807) is 29.3 Å². The summed E-state index contributed by atoms with van der Waals surface area (Å²) in [5.74, 6) is 1.94. The van der Waals surface area contributed by atoms with Crippen molar-refractivity contribution in [2.75, 3.05) is 12.8 Å². The molecule has 7 nitrogen and oxygen atoms in total. The molecule has 1 aromatic carbocycles. The molecule has 32 heavy (non-hydrogen) atoms. The van der Waals surface area contributed by atoms with Gasteiger partial charge in [0.2, 0.25) is 5.82 Å². The number of rotatable bonds is 5. The van der Waals surface area contributed by atoms with Crippen LogP contribution in [-0.4, -0.2) is 17.3 Å². The van der Waals surface area contributed by atoms with E-state index >= 15 is 0 Å². The van der Waals surface area contributed by atoms with Crippen LogP contribution in [0.1, 0.15) is 35.6 Å². The lowest BCUT2D eigenvalue weighted by Gasteiger charge is -2.29. The van der Waals surface area contributed by atoms with Gasteiger partial charge < -0.3 is 19.6 Å². The van der Waals surface area contributed by atoms with Gasteiger partial charge in [0.15, 0.2) is 11.4 Å². The molecule has 5 rings (SSSR count). The minimum absolute atomic E-state index is 0.166. The standard InChI is InChI=1S/C24H25N3O4S/c1-24(2)11-18-19(14-31-24)32-22-20(18)21(25)26(13-17-5-4-10-30-17)23(28)27(22)12-15-6-8-16(29-3)9-7-15/h4-10,25H,11-14H2,1-3H3/p+1. The van der Waals surface area contributed by atoms with Crippen molar-refractivity contribution in [2.45, 2.75) is 45.6 Å². The first-order valence-electron chi connectivity index (χ1n) is 10.5. The maximum absolute atomic E-state index is 13.7. The maximum Gasteiger partial charge on any atom is 0.501 e. The van der Waals surface area contributed by atoms with Crippen molar-refractivity contribution in [2.24, 2.45) is 0 Å². The first-order chi connectivity index (χ1) is 15.4. The van der Waals surface area contributed by atoms with Gasteiger partial charge in [0.05, 0.1) is 25.6 Å². The summed E-state index contributed by atoms with van der Waals surface area (Å²) in [5.41, 5.74) is 8.39. The van der Waals surface area contributed by atoms with Gasteiger partial charge in [-0.2, -0.15) is 13.9 Å². The smallest absolute Gasteiger partial charge is 0.497 e. The Labute approximate surface area is 189 Å². The highest BCUT2D eigenvalue weighted by molar-refractivity contribution is 7.18. The zero-order valence-corrected chi connectivity index (χ0v) is 19.2. The molecule has 4 aromatic rings. The first-order valence-corrected chi connectivity index (χ1v) is 11.3. The van der Waals surface area contributed by atoms with Crippen molar-refractivity contribution in [3.8, 4) is 5.75 Å². The molecule has 0 fully saturated rings. The van der Waals surface area contributed by atoms with Gasteiger partial charge in [-0.3, -0.25) is 0 Å². The highest BCUT2D eigenvalue weighted by Crippen LogP contribution is 2.39. The van der Waals surface area contributed by atoms with Crippen molar-refractivity contribution in [1.82, 2.24) is 4.57 Å². The van der Waals surface area contributed by atoms with Gasteiger partial charge in [-0.1, -0.05) is 23.5 Å². The van der Waals surface area contributed by atoms with E-state index < -0.39 is 0 Å². The van der Waals surface area contributed by atoms with Crippen LogP contribution in [0.25, 0.3) is 10.2 Å². The van der Waals surface area contributed by atoms with E-state index in [9.17, 15) is 4.79 Å². The fourth-order valence-corrected chi connectivity index (χ4v) is 5.46. The Morgan fingerprint density at radius 1 is 1.25 bits per heavy atom. The first kappa shape index (κ1) is 20.8. The molecule has 0 amide bonds. The lowest BCUT2D eigenvalue weighted by atomic mass is 9.94. The van der Waals surface area contributed by atoms with E-state index in [0.717, 1.165) is 32.8 Å². The predicted octanol–water partition coefficient (Wildman–Crippen LogP) is 3.48. The Kier molecular flexibility index (Phi) is 5.06. The van der Waals surface area contributed by atoms with E-state index in [0.29, 0.717) is 24.7 Å². The molecule has 0 unspecified atom stereocenters. The average molecular weight is 453 g/mol. The van der Waals surface area contributed by atoms with Crippen molar-refractivity contribution in [3.63, 3.8) is 0 Å². The Hall–Kier alpha value is -3.10. The molecule has 166 valence electrons. The van der Waals surface area contributed by atoms with Crippen LogP contribution in [0.4, 0.5) is 5.82 Å². The Balaban J connectivity index is 1.71. The SMILES string of the molecule is COc1ccc(C[n+]2c(=O)n(Cc3ccco3)c(N)c3c4c(sc32)COC(C)(C)C4)cc1. The quantitative estimate of drug-likeness (QED) is 0.469. The van der Waals surface area contributed by atoms with Gasteiger partial charge in [0.1, 0.15) is 23.4 Å². The van der Waals surface area contributed by atoms with Gasteiger partial charge in [0, 0.05) is 11.3 Å². The Bertz CT molecular complexity index is 1330. The van der Waals surface area contributed by atoms with E-state index in [1.165, 1.54) is 5.56 Å². The Morgan fingerprint density at radius 3 is 2.72 bits per heavy atom. The second kappa shape index (κ2) is 7.79. The lowest BCUT2D eigenvalue weighted by molar-refractivity contribution is -0.679. The van der Waals surface area contributed by atoms with Gasteiger partial charge in [-0.25, -0.2) is 0 Å². The minimum Gasteiger partial charge on any atom is -0.497 e. The van der Waals surface area contributed by atoms with Crippen LogP contribution in [-0.2, 0) is 30.9 Å². The number of hydrogen-bond donors (Lipinski definition) is 1. The molecule has 2 N–H and O–H groups in total. The zero-order chi connectivity index (χ0) is 22.5. The normalized spacial score (nSPS) is 15.1. The predicted molar refractivity (Wildman–Crippen MR) is 123 cm³/mol. The molecule has 4 heterocycles. The number of fused-ring (bicyclic) bond motifs is 3. The van der Waals surface area contributed by atoms with Crippen LogP contribution in [0.5, 0.6) is 5.75 Å². The second-order valence-electron chi connectivity index (χ2n) is 8.68. The molecule has 0 radical (unpaired) electrons. The number of aromatic nitrogens is 2. The lowest BCUT2D eigenvalue weighted by Crippen LogP contribution is -2.55. The van der Waals surface area contributed by atoms with E-state index in [2.05, 4.69) is 13.8 Å². The summed E-state index contributed by atoms with van der Waals surface area (Å²) in [6, 6.07) is 11.4. The molecular weight excluding hydrogens is 426 g/mol. The van der Waals surface area contributed by atoms with E-state index in [4.69, 9.17) is 19.6 Å². The number of thiophene rings is 1. The highest BCUT2D eigenvalue weighted by Gasteiger charge is 2.34. The molecule has 0 spiro atoms. The summed E-state index contributed by atoms with van der Waals surface area (Å²) in [6.45, 7) is 5.40. The minimum atomic E-state index is -0.282. The molecule has 8 heteroatoms. The van der Waals surface area contributed by atoms with Crippen molar-refractivity contribution >= 4 is 27.4 Å². The van der Waals surface area contributed by atoms with E-state index in [-0.39, 0.29) is 17.8 Å². The summed E-state index contributed by atoms with van der Waals surface area (Å²) in [4.78, 5) is 15.7. The summed E-state index contributed by atoms with van der Waals surface area (Å²) in [6.07, 6.45) is 2.35. The molecule has 3 aromatic heterocycles. The van der Waals surface area contributed by atoms with Gasteiger partial charge in [-0.05, 0) is 49.2 Å². The largest absolute Gasteiger partial charge is 0.501 e. The van der Waals surface area contributed by atoms with Crippen LogP contribution in [0.2, 0.25) is 0 Å². The number of furan rings is 1. The monoisotopic (exact) mass is 452 g/mol. The molecule has 0 bridgehead atoms. The molecule has 0 saturated heterocycles. The summed E-state index contributed by atoms with van der Waals surface area (Å²) >= 11 is 1.60. The van der Waals surface area contributed by atoms with Crippen LogP contribution < -0.4 is 20.7 Å². The van der Waals surface area contributed by atoms with Gasteiger partial charge >= 0.3 is 5.69 Å². The summed E-state index contributed by atoms with van der Waals surface area (Å²) in [7, 11) is 1.64. The topological polar surface area (TPSA) is 83.5 Å². The Morgan fingerprint density at radius 2 is 2.03 bits per heavy atom. The number of benzene rings is 1. The van der Waals surface area contributed by atoms with Crippen molar-refractivity contribution in [1.29, 1.82) is 0 Å². The number of ether oxygens (including phenoxy) is 2. The molecule has 0 saturated carbocycles. The van der Waals surface area contributed by atoms with Crippen LogP contribution >= 0.6 is 11.3 Å². The van der Waals surface area contributed by atoms with Crippen LogP contribution in [0, 0.1) is 0 Å². The number of anilines is 1. The van der Waals surface area contributed by atoms with Crippen molar-refractivity contribution < 1.29 is 18.5 Å². The fraction of sp³-hybridized carbons (Fsp3) is 0.333. The third-order valence-corrected chi connectivity index (χ3v) is 7.14. The van der Waals surface area contributed by atoms with Crippen LogP contribution in [0.15, 0.2) is 51.9 Å². The number of nitrogens with two attached hydrogens (primary N) is 1. The molecule has 0 atom stereocenters. The number of methoxy groups -OCH3 is 1. The number of hydrogen-bond acceptors (Lipinski definition) is 6. The average Bonchev–Trinajstić information content (AvgIpc) is 3.41. The molecular formula is C24H26N3O4S+. The van der Waals surface area contributed by atoms with Crippen LogP contribution in [0.3, 0.4) is 0 Å². The maximum atomic E-state index is 13.7. The van der Waals surface area contributed by atoms with E-state index in [1.807, 2.05) is 41.0 Å². The number of nitrogen functional groups attached to an aromatic ring is 1. The fourth-order valence-electron chi connectivity index (χ4n) is 4.23. The van der Waals surface area contributed by atoms with Crippen molar-refractivity contribution in [3.05, 3.63) is 74.9 Å². The molecule has 0 aliphatic carbocycles. The highest BCUT2D eigenvalue weighted by atomic mass is 32.1. The second-order valence-corrected chi connectivity index (χ2v) is 9.76. The third kappa shape index (κ3) is 3.59. The summed E-state index contributed by atoms with van der Waals surface area (Å²) in [5, 5.41) is 0.945. The van der Waals surface area contributed by atoms with Gasteiger partial charge in [-0.15, -0.1) is 0 Å². The molecule has 1 aliphatic rings. The summed E-state index contributed by atoms with van der Waals surface area (Å²) < 4.78 is 20.2. The molecule has 1 aliphatic heterocycles.